The Morgan fingerprint density at radius 3 is 2.13 bits per heavy atom. The summed E-state index contributed by atoms with van der Waals surface area (Å²) in [4.78, 5) is 28.8. The maximum atomic E-state index is 13.8. The van der Waals surface area contributed by atoms with Crippen molar-refractivity contribution in [1.29, 1.82) is 0 Å². The third-order valence-corrected chi connectivity index (χ3v) is 6.59. The summed E-state index contributed by atoms with van der Waals surface area (Å²) in [7, 11) is 3.07. The van der Waals surface area contributed by atoms with Crippen LogP contribution in [-0.2, 0) is 22.6 Å². The number of amides is 2. The van der Waals surface area contributed by atoms with Gasteiger partial charge in [0, 0.05) is 47.8 Å². The first-order valence-corrected chi connectivity index (χ1v) is 13.4. The van der Waals surface area contributed by atoms with Crippen LogP contribution >= 0.6 is 23.2 Å². The molecule has 7 nitrogen and oxygen atoms in total. The Kier molecular flexibility index (Phi) is 11.3. The Hall–Kier alpha value is -3.42. The fraction of sp³-hybridized carbons (Fsp3) is 0.333. The van der Waals surface area contributed by atoms with Crippen LogP contribution in [-0.4, -0.2) is 50.1 Å². The summed E-state index contributed by atoms with van der Waals surface area (Å²) in [6, 6.07) is 18.9. The second-order valence-corrected chi connectivity index (χ2v) is 10.3. The zero-order valence-corrected chi connectivity index (χ0v) is 24.1. The minimum Gasteiger partial charge on any atom is -0.496 e. The molecular formula is C30H34Cl2N2O5. The highest BCUT2D eigenvalue weighted by Gasteiger charge is 2.31. The third-order valence-electron chi connectivity index (χ3n) is 6.00. The molecule has 0 aromatic heterocycles. The van der Waals surface area contributed by atoms with Gasteiger partial charge in [0.25, 0.3) is 5.91 Å². The fourth-order valence-electron chi connectivity index (χ4n) is 3.90. The molecule has 0 radical (unpaired) electrons. The number of benzene rings is 3. The van der Waals surface area contributed by atoms with Crippen LogP contribution < -0.4 is 19.5 Å². The number of nitrogens with zero attached hydrogens (tertiary/aromatic N) is 1. The van der Waals surface area contributed by atoms with Crippen molar-refractivity contribution in [3.63, 3.8) is 0 Å². The first-order chi connectivity index (χ1) is 18.7. The smallest absolute Gasteiger partial charge is 0.261 e. The molecule has 0 spiro atoms. The molecule has 0 saturated carbocycles. The lowest BCUT2D eigenvalue weighted by Crippen LogP contribution is -2.52. The molecule has 0 aliphatic carbocycles. The Morgan fingerprint density at radius 1 is 0.897 bits per heavy atom. The summed E-state index contributed by atoms with van der Waals surface area (Å²) >= 11 is 12.6. The topological polar surface area (TPSA) is 77.1 Å². The van der Waals surface area contributed by atoms with Gasteiger partial charge in [-0.3, -0.25) is 9.59 Å². The Morgan fingerprint density at radius 2 is 1.54 bits per heavy atom. The van der Waals surface area contributed by atoms with E-state index in [2.05, 4.69) is 5.32 Å². The Bertz CT molecular complexity index is 1230. The molecule has 1 unspecified atom stereocenters. The van der Waals surface area contributed by atoms with Crippen molar-refractivity contribution in [2.24, 2.45) is 5.92 Å². The average Bonchev–Trinajstić information content (AvgIpc) is 2.93. The van der Waals surface area contributed by atoms with Gasteiger partial charge < -0.3 is 24.4 Å². The second-order valence-electron chi connectivity index (χ2n) is 9.44. The summed E-state index contributed by atoms with van der Waals surface area (Å²) in [5.74, 6) is 1.05. The molecule has 0 saturated heterocycles. The number of hydrogen-bond donors (Lipinski definition) is 1. The van der Waals surface area contributed by atoms with Crippen molar-refractivity contribution in [2.75, 3.05) is 27.4 Å². The van der Waals surface area contributed by atoms with Crippen LogP contribution in [0, 0.1) is 5.92 Å². The van der Waals surface area contributed by atoms with Gasteiger partial charge >= 0.3 is 0 Å². The molecule has 9 heteroatoms. The normalized spacial score (nSPS) is 11.6. The highest BCUT2D eigenvalue weighted by molar-refractivity contribution is 6.35. The van der Waals surface area contributed by atoms with Crippen LogP contribution in [0.5, 0.6) is 17.2 Å². The standard InChI is InChI=1S/C30H34Cl2N2O5/c1-20(2)17-33-30(36)28(12-21-8-6-5-7-9-21)34(18-22-10-11-23(31)13-27(22)32)29(35)19-39-26-15-24(37-3)14-25(16-26)38-4/h5-11,13-16,20,28H,12,17-19H2,1-4H3,(H,33,36). The lowest BCUT2D eigenvalue weighted by atomic mass is 10.0. The first kappa shape index (κ1) is 30.1. The van der Waals surface area contributed by atoms with E-state index in [0.717, 1.165) is 5.56 Å². The molecule has 2 amide bonds. The van der Waals surface area contributed by atoms with E-state index in [4.69, 9.17) is 37.4 Å². The van der Waals surface area contributed by atoms with E-state index >= 15 is 0 Å². The van der Waals surface area contributed by atoms with E-state index in [1.165, 1.54) is 19.1 Å². The third kappa shape index (κ3) is 9.08. The van der Waals surface area contributed by atoms with Gasteiger partial charge in [-0.2, -0.15) is 0 Å². The molecule has 1 N–H and O–H groups in total. The van der Waals surface area contributed by atoms with Crippen LogP contribution in [0.4, 0.5) is 0 Å². The molecule has 3 aromatic rings. The number of nitrogens with one attached hydrogen (secondary N) is 1. The lowest BCUT2D eigenvalue weighted by molar-refractivity contribution is -0.142. The molecule has 39 heavy (non-hydrogen) atoms. The van der Waals surface area contributed by atoms with E-state index in [1.54, 1.807) is 36.4 Å². The van der Waals surface area contributed by atoms with E-state index in [-0.39, 0.29) is 30.9 Å². The summed E-state index contributed by atoms with van der Waals surface area (Å²) in [5, 5.41) is 3.87. The van der Waals surface area contributed by atoms with Gasteiger partial charge in [0.2, 0.25) is 5.91 Å². The predicted octanol–water partition coefficient (Wildman–Crippen LogP) is 5.80. The maximum absolute atomic E-state index is 13.8. The van der Waals surface area contributed by atoms with Crippen molar-refractivity contribution in [3.8, 4) is 17.2 Å². The summed E-state index contributed by atoms with van der Waals surface area (Å²) in [5.41, 5.74) is 1.58. The SMILES string of the molecule is COc1cc(OC)cc(OCC(=O)N(Cc2ccc(Cl)cc2Cl)C(Cc2ccccc2)C(=O)NCC(C)C)c1. The minimum atomic E-state index is -0.811. The van der Waals surface area contributed by atoms with Crippen molar-refractivity contribution >= 4 is 35.0 Å². The van der Waals surface area contributed by atoms with Crippen molar-refractivity contribution in [3.05, 3.63) is 87.9 Å². The van der Waals surface area contributed by atoms with Gasteiger partial charge in [0.05, 0.1) is 14.2 Å². The highest BCUT2D eigenvalue weighted by Crippen LogP contribution is 2.28. The van der Waals surface area contributed by atoms with E-state index in [1.807, 2.05) is 44.2 Å². The molecule has 208 valence electrons. The fourth-order valence-corrected chi connectivity index (χ4v) is 4.37. The average molecular weight is 574 g/mol. The number of carbonyl (C=O) groups excluding carboxylic acids is 2. The number of hydrogen-bond acceptors (Lipinski definition) is 5. The molecule has 0 aliphatic heterocycles. The Labute approximate surface area is 240 Å². The zero-order chi connectivity index (χ0) is 28.4. The van der Waals surface area contributed by atoms with Gasteiger partial charge in [0.1, 0.15) is 23.3 Å². The van der Waals surface area contributed by atoms with Crippen LogP contribution in [0.1, 0.15) is 25.0 Å². The number of halogens is 2. The van der Waals surface area contributed by atoms with Crippen molar-refractivity contribution in [1.82, 2.24) is 10.2 Å². The molecule has 0 aliphatic rings. The second kappa shape index (κ2) is 14.7. The minimum absolute atomic E-state index is 0.0895. The number of methoxy groups -OCH3 is 2. The van der Waals surface area contributed by atoms with Gasteiger partial charge in [-0.1, -0.05) is 73.4 Å². The summed E-state index contributed by atoms with van der Waals surface area (Å²) < 4.78 is 16.5. The summed E-state index contributed by atoms with van der Waals surface area (Å²) in [6.07, 6.45) is 0.314. The van der Waals surface area contributed by atoms with E-state index in [0.29, 0.717) is 45.8 Å². The molecule has 3 rings (SSSR count). The molecule has 1 atom stereocenters. The van der Waals surface area contributed by atoms with Gasteiger partial charge in [-0.05, 0) is 29.2 Å². The highest BCUT2D eigenvalue weighted by atomic mass is 35.5. The molecule has 0 fully saturated rings. The van der Waals surface area contributed by atoms with Gasteiger partial charge in [-0.15, -0.1) is 0 Å². The lowest BCUT2D eigenvalue weighted by Gasteiger charge is -2.32. The number of ether oxygens (including phenoxy) is 3. The predicted molar refractivity (Wildman–Crippen MR) is 154 cm³/mol. The van der Waals surface area contributed by atoms with E-state index in [9.17, 15) is 9.59 Å². The van der Waals surface area contributed by atoms with Crippen LogP contribution in [0.2, 0.25) is 10.0 Å². The van der Waals surface area contributed by atoms with Crippen LogP contribution in [0.25, 0.3) is 0 Å². The van der Waals surface area contributed by atoms with Crippen LogP contribution in [0.3, 0.4) is 0 Å². The number of rotatable bonds is 13. The molecular weight excluding hydrogens is 539 g/mol. The molecule has 0 bridgehead atoms. The van der Waals surface area contributed by atoms with Crippen molar-refractivity contribution < 1.29 is 23.8 Å². The quantitative estimate of drug-likeness (QED) is 0.280. The van der Waals surface area contributed by atoms with E-state index < -0.39 is 6.04 Å². The zero-order valence-electron chi connectivity index (χ0n) is 22.6. The molecule has 3 aromatic carbocycles. The Balaban J connectivity index is 1.94. The van der Waals surface area contributed by atoms with Crippen LogP contribution in [0.15, 0.2) is 66.7 Å². The maximum Gasteiger partial charge on any atom is 0.261 e. The first-order valence-electron chi connectivity index (χ1n) is 12.6. The number of carbonyl (C=O) groups is 2. The van der Waals surface area contributed by atoms with Crippen molar-refractivity contribution in [2.45, 2.75) is 32.9 Å². The van der Waals surface area contributed by atoms with Gasteiger partial charge in [0.15, 0.2) is 6.61 Å². The van der Waals surface area contributed by atoms with Gasteiger partial charge in [-0.25, -0.2) is 0 Å². The monoisotopic (exact) mass is 572 g/mol. The largest absolute Gasteiger partial charge is 0.496 e. The summed E-state index contributed by atoms with van der Waals surface area (Å²) in [6.45, 7) is 4.28. The molecule has 0 heterocycles.